The van der Waals surface area contributed by atoms with Crippen LogP contribution in [0.5, 0.6) is 0 Å². The van der Waals surface area contributed by atoms with Crippen molar-refractivity contribution in [2.75, 3.05) is 6.61 Å². The van der Waals surface area contributed by atoms with E-state index in [1.54, 1.807) is 0 Å². The van der Waals surface area contributed by atoms with Crippen molar-refractivity contribution in [3.05, 3.63) is 23.5 Å². The van der Waals surface area contributed by atoms with Crippen molar-refractivity contribution in [2.24, 2.45) is 0 Å². The smallest absolute Gasteiger partial charge is 0.307 e. The van der Waals surface area contributed by atoms with Crippen molar-refractivity contribution in [2.45, 2.75) is 19.6 Å². The lowest BCUT2D eigenvalue weighted by Gasteiger charge is -2.16. The molecule has 0 radical (unpaired) electrons. The van der Waals surface area contributed by atoms with Gasteiger partial charge in [0.05, 0.1) is 19.6 Å². The van der Waals surface area contributed by atoms with Gasteiger partial charge in [-0.3, -0.25) is 4.79 Å². The molecule has 0 unspecified atom stereocenters. The van der Waals surface area contributed by atoms with Crippen LogP contribution in [0.1, 0.15) is 11.3 Å². The average molecular weight is 181 g/mol. The maximum absolute atomic E-state index is 10.5. The fourth-order valence-corrected chi connectivity index (χ4v) is 1.59. The molecule has 0 saturated carbocycles. The van der Waals surface area contributed by atoms with E-state index < -0.39 is 5.97 Å². The number of fused-ring (bicyclic) bond motifs is 1. The minimum Gasteiger partial charge on any atom is -0.481 e. The van der Waals surface area contributed by atoms with E-state index in [1.165, 1.54) is 0 Å². The minimum atomic E-state index is -0.792. The van der Waals surface area contributed by atoms with E-state index in [2.05, 4.69) is 4.57 Å². The summed E-state index contributed by atoms with van der Waals surface area (Å²) in [7, 11) is 0. The zero-order valence-electron chi connectivity index (χ0n) is 7.19. The minimum absolute atomic E-state index is 0.0890. The van der Waals surface area contributed by atoms with Gasteiger partial charge in [-0.05, 0) is 11.6 Å². The van der Waals surface area contributed by atoms with Gasteiger partial charge < -0.3 is 14.4 Å². The van der Waals surface area contributed by atoms with Crippen molar-refractivity contribution in [1.82, 2.24) is 4.57 Å². The van der Waals surface area contributed by atoms with Gasteiger partial charge in [0, 0.05) is 18.4 Å². The average Bonchev–Trinajstić information content (AvgIpc) is 2.48. The molecule has 4 heteroatoms. The van der Waals surface area contributed by atoms with Gasteiger partial charge in [-0.2, -0.15) is 0 Å². The molecule has 13 heavy (non-hydrogen) atoms. The Balaban J connectivity index is 2.26. The molecule has 1 aromatic heterocycles. The van der Waals surface area contributed by atoms with E-state index in [0.29, 0.717) is 13.2 Å². The molecule has 0 saturated heterocycles. The van der Waals surface area contributed by atoms with Crippen molar-refractivity contribution < 1.29 is 14.6 Å². The van der Waals surface area contributed by atoms with Gasteiger partial charge in [-0.25, -0.2) is 0 Å². The number of aliphatic carboxylic acids is 1. The molecule has 0 aliphatic carbocycles. The van der Waals surface area contributed by atoms with E-state index in [-0.39, 0.29) is 6.42 Å². The number of ether oxygens (including phenoxy) is 1. The van der Waals surface area contributed by atoms with Gasteiger partial charge in [0.25, 0.3) is 0 Å². The number of nitrogens with zero attached hydrogens (tertiary/aromatic N) is 1. The monoisotopic (exact) mass is 181 g/mol. The molecule has 0 atom stereocenters. The summed E-state index contributed by atoms with van der Waals surface area (Å²) >= 11 is 0. The first kappa shape index (κ1) is 8.31. The van der Waals surface area contributed by atoms with Gasteiger partial charge in [-0.1, -0.05) is 0 Å². The highest BCUT2D eigenvalue weighted by Gasteiger charge is 2.14. The molecule has 0 bridgehead atoms. The number of carboxylic acids is 1. The summed E-state index contributed by atoms with van der Waals surface area (Å²) in [5, 5.41) is 8.64. The van der Waals surface area contributed by atoms with E-state index >= 15 is 0 Å². The zero-order valence-corrected chi connectivity index (χ0v) is 7.19. The van der Waals surface area contributed by atoms with Crippen LogP contribution in [0, 0.1) is 0 Å². The number of aromatic nitrogens is 1. The molecule has 0 aromatic carbocycles. The number of carbonyl (C=O) groups is 1. The lowest BCUT2D eigenvalue weighted by atomic mass is 10.2. The van der Waals surface area contributed by atoms with Crippen LogP contribution in [-0.4, -0.2) is 22.2 Å². The molecule has 2 heterocycles. The molecular formula is C9H11NO3. The van der Waals surface area contributed by atoms with Crippen LogP contribution < -0.4 is 0 Å². The summed E-state index contributed by atoms with van der Waals surface area (Å²) < 4.78 is 7.32. The second-order valence-electron chi connectivity index (χ2n) is 3.10. The van der Waals surface area contributed by atoms with Crippen LogP contribution in [0.2, 0.25) is 0 Å². The largest absolute Gasteiger partial charge is 0.481 e. The summed E-state index contributed by atoms with van der Waals surface area (Å²) in [4.78, 5) is 10.5. The standard InChI is InChI=1S/C9H11NO3/c11-9(12)5-7-1-2-10-3-4-13-6-8(7)10/h1-2H,3-6H2,(H,11,12). The molecule has 0 fully saturated rings. The lowest BCUT2D eigenvalue weighted by molar-refractivity contribution is -0.136. The van der Waals surface area contributed by atoms with Crippen LogP contribution in [0.3, 0.4) is 0 Å². The highest BCUT2D eigenvalue weighted by atomic mass is 16.5. The van der Waals surface area contributed by atoms with Gasteiger partial charge in [0.15, 0.2) is 0 Å². The Kier molecular flexibility index (Phi) is 2.06. The van der Waals surface area contributed by atoms with Crippen LogP contribution in [0.4, 0.5) is 0 Å². The van der Waals surface area contributed by atoms with Gasteiger partial charge in [0.2, 0.25) is 0 Å². The third-order valence-corrected chi connectivity index (χ3v) is 2.23. The Morgan fingerprint density at radius 2 is 2.54 bits per heavy atom. The maximum Gasteiger partial charge on any atom is 0.307 e. The SMILES string of the molecule is O=C(O)Cc1ccn2c1COCC2. The molecule has 0 amide bonds. The fourth-order valence-electron chi connectivity index (χ4n) is 1.59. The Morgan fingerprint density at radius 3 is 3.31 bits per heavy atom. The fraction of sp³-hybridized carbons (Fsp3) is 0.444. The highest BCUT2D eigenvalue weighted by molar-refractivity contribution is 5.70. The number of rotatable bonds is 2. The Bertz CT molecular complexity index is 330. The first-order valence-corrected chi connectivity index (χ1v) is 4.24. The first-order valence-electron chi connectivity index (χ1n) is 4.24. The van der Waals surface area contributed by atoms with Crippen molar-refractivity contribution >= 4 is 5.97 Å². The third-order valence-electron chi connectivity index (χ3n) is 2.23. The summed E-state index contributed by atoms with van der Waals surface area (Å²) in [6.07, 6.45) is 2.02. The van der Waals surface area contributed by atoms with Crippen LogP contribution in [-0.2, 0) is 29.1 Å². The van der Waals surface area contributed by atoms with Crippen molar-refractivity contribution in [3.63, 3.8) is 0 Å². The normalized spacial score (nSPS) is 15.4. The molecule has 2 rings (SSSR count). The van der Waals surface area contributed by atoms with Gasteiger partial charge in [-0.15, -0.1) is 0 Å². The molecule has 1 aliphatic heterocycles. The van der Waals surface area contributed by atoms with Crippen LogP contribution in [0.15, 0.2) is 12.3 Å². The number of hydrogen-bond acceptors (Lipinski definition) is 2. The molecule has 1 aliphatic rings. The molecule has 4 nitrogen and oxygen atoms in total. The van der Waals surface area contributed by atoms with Gasteiger partial charge in [0.1, 0.15) is 0 Å². The van der Waals surface area contributed by atoms with E-state index in [4.69, 9.17) is 9.84 Å². The topological polar surface area (TPSA) is 51.5 Å². The third kappa shape index (κ3) is 1.58. The quantitative estimate of drug-likeness (QED) is 0.728. The van der Waals surface area contributed by atoms with E-state index in [9.17, 15) is 4.79 Å². The van der Waals surface area contributed by atoms with Crippen LogP contribution >= 0.6 is 0 Å². The number of carboxylic acid groups (broad SMARTS) is 1. The predicted octanol–water partition coefficient (Wildman–Crippen LogP) is 0.645. The Labute approximate surface area is 75.7 Å². The highest BCUT2D eigenvalue weighted by Crippen LogP contribution is 2.16. The maximum atomic E-state index is 10.5. The molecule has 70 valence electrons. The van der Waals surface area contributed by atoms with Crippen molar-refractivity contribution in [1.29, 1.82) is 0 Å². The summed E-state index contributed by atoms with van der Waals surface area (Å²) in [5.74, 6) is -0.792. The Morgan fingerprint density at radius 1 is 1.69 bits per heavy atom. The predicted molar refractivity (Wildman–Crippen MR) is 45.4 cm³/mol. The second kappa shape index (κ2) is 3.22. The van der Waals surface area contributed by atoms with Gasteiger partial charge >= 0.3 is 5.97 Å². The van der Waals surface area contributed by atoms with E-state index in [1.807, 2.05) is 12.3 Å². The summed E-state index contributed by atoms with van der Waals surface area (Å²) in [5.41, 5.74) is 1.88. The van der Waals surface area contributed by atoms with E-state index in [0.717, 1.165) is 17.8 Å². The molecule has 1 aromatic rings. The summed E-state index contributed by atoms with van der Waals surface area (Å²) in [6, 6.07) is 1.86. The lowest BCUT2D eigenvalue weighted by Crippen LogP contribution is -2.17. The molecule has 0 spiro atoms. The first-order chi connectivity index (χ1) is 6.27. The molecular weight excluding hydrogens is 170 g/mol. The zero-order chi connectivity index (χ0) is 9.26. The summed E-state index contributed by atoms with van der Waals surface area (Å²) in [6.45, 7) is 2.08. The second-order valence-corrected chi connectivity index (χ2v) is 3.10. The van der Waals surface area contributed by atoms with Crippen molar-refractivity contribution in [3.8, 4) is 0 Å². The molecule has 1 N–H and O–H groups in total. The Hall–Kier alpha value is -1.29. The van der Waals surface area contributed by atoms with Crippen LogP contribution in [0.25, 0.3) is 0 Å². The number of hydrogen-bond donors (Lipinski definition) is 1.